The Morgan fingerprint density at radius 1 is 1.37 bits per heavy atom. The number of carbonyl (C=O) groups is 1. The van der Waals surface area contributed by atoms with Crippen LogP contribution in [0.15, 0.2) is 18.3 Å². The number of alkyl carbamates (subject to hydrolysis) is 1. The number of benzene rings is 1. The number of nitrogens with zero attached hydrogens (tertiary/aromatic N) is 2. The van der Waals surface area contributed by atoms with Crippen LogP contribution >= 0.6 is 0 Å². The van der Waals surface area contributed by atoms with E-state index < -0.39 is 18.0 Å². The molecule has 30 heavy (non-hydrogen) atoms. The first-order valence-electron chi connectivity index (χ1n) is 10.3. The minimum absolute atomic E-state index is 0.142. The second kappa shape index (κ2) is 10.5. The summed E-state index contributed by atoms with van der Waals surface area (Å²) >= 11 is 0. The van der Waals surface area contributed by atoms with Gasteiger partial charge >= 0.3 is 6.09 Å². The van der Waals surface area contributed by atoms with Crippen LogP contribution in [0, 0.1) is 5.82 Å². The van der Waals surface area contributed by atoms with Gasteiger partial charge in [0.1, 0.15) is 11.3 Å². The summed E-state index contributed by atoms with van der Waals surface area (Å²) in [5.74, 6) is -0.0796. The normalized spacial score (nSPS) is 21.4. The molecular formula is C21H29FN4O4. The summed E-state index contributed by atoms with van der Waals surface area (Å²) in [4.78, 5) is 20.4. The van der Waals surface area contributed by atoms with E-state index >= 15 is 0 Å². The molecule has 3 N–H and O–H groups in total. The van der Waals surface area contributed by atoms with Crippen molar-refractivity contribution in [1.82, 2.24) is 20.6 Å². The zero-order valence-corrected chi connectivity index (χ0v) is 17.4. The number of fused-ring (bicyclic) bond motifs is 1. The van der Waals surface area contributed by atoms with Gasteiger partial charge in [0.2, 0.25) is 5.88 Å². The van der Waals surface area contributed by atoms with E-state index in [9.17, 15) is 14.3 Å². The van der Waals surface area contributed by atoms with Crippen LogP contribution < -0.4 is 15.4 Å². The number of unbranched alkanes of at least 4 members (excludes halogenated alkanes) is 1. The lowest BCUT2D eigenvalue weighted by molar-refractivity contribution is 0.0708. The van der Waals surface area contributed by atoms with Crippen molar-refractivity contribution in [3.05, 3.63) is 29.7 Å². The Kier molecular flexibility index (Phi) is 7.75. The van der Waals surface area contributed by atoms with E-state index in [1.165, 1.54) is 19.4 Å². The number of carbonyl (C=O) groups excluding carboxylic acids is 1. The Morgan fingerprint density at radius 2 is 2.20 bits per heavy atom. The predicted octanol–water partition coefficient (Wildman–Crippen LogP) is 2.68. The number of nitrogens with one attached hydrogen (secondary N) is 2. The minimum atomic E-state index is -0.668. The number of rotatable bonds is 8. The highest BCUT2D eigenvalue weighted by Gasteiger charge is 2.30. The maximum Gasteiger partial charge on any atom is 0.407 e. The van der Waals surface area contributed by atoms with Crippen LogP contribution in [0.4, 0.5) is 9.18 Å². The summed E-state index contributed by atoms with van der Waals surface area (Å²) in [6.07, 6.45) is 3.91. The average molecular weight is 420 g/mol. The topological polar surface area (TPSA) is 106 Å². The molecule has 1 aliphatic carbocycles. The summed E-state index contributed by atoms with van der Waals surface area (Å²) in [7, 11) is 1.48. The SMILES string of the molecule is CCCCOC(=O)N[C@@H]1CC[C@@H](NCc2c(F)ccc3ncc(OC)nc23)[C@@H](O)C1. The molecule has 3 atom stereocenters. The molecule has 3 rings (SSSR count). The van der Waals surface area contributed by atoms with Crippen LogP contribution in [0.5, 0.6) is 5.88 Å². The summed E-state index contributed by atoms with van der Waals surface area (Å²) in [5.41, 5.74) is 1.39. The van der Waals surface area contributed by atoms with Crippen molar-refractivity contribution in [3.63, 3.8) is 0 Å². The van der Waals surface area contributed by atoms with E-state index in [1.54, 1.807) is 6.07 Å². The number of methoxy groups -OCH3 is 1. The molecule has 1 heterocycles. The van der Waals surface area contributed by atoms with Gasteiger partial charge in [-0.2, -0.15) is 0 Å². The van der Waals surface area contributed by atoms with Crippen LogP contribution in [-0.2, 0) is 11.3 Å². The third kappa shape index (κ3) is 5.54. The third-order valence-electron chi connectivity index (χ3n) is 5.36. The van der Waals surface area contributed by atoms with E-state index in [1.807, 2.05) is 6.92 Å². The molecule has 0 unspecified atom stereocenters. The van der Waals surface area contributed by atoms with Gasteiger partial charge in [0.15, 0.2) is 0 Å². The summed E-state index contributed by atoms with van der Waals surface area (Å²) in [6.45, 7) is 2.62. The molecular weight excluding hydrogens is 391 g/mol. The molecule has 1 aliphatic rings. The second-order valence-corrected chi connectivity index (χ2v) is 7.50. The Bertz CT molecular complexity index is 866. The smallest absolute Gasteiger partial charge is 0.407 e. The van der Waals surface area contributed by atoms with E-state index in [4.69, 9.17) is 9.47 Å². The van der Waals surface area contributed by atoms with E-state index in [2.05, 4.69) is 20.6 Å². The molecule has 1 aromatic carbocycles. The van der Waals surface area contributed by atoms with Gasteiger partial charge in [0.05, 0.1) is 31.5 Å². The number of aliphatic hydroxyl groups excluding tert-OH is 1. The highest BCUT2D eigenvalue weighted by molar-refractivity contribution is 5.78. The molecule has 1 amide bonds. The van der Waals surface area contributed by atoms with Crippen molar-refractivity contribution in [1.29, 1.82) is 0 Å². The third-order valence-corrected chi connectivity index (χ3v) is 5.36. The average Bonchev–Trinajstić information content (AvgIpc) is 2.74. The van der Waals surface area contributed by atoms with Crippen molar-refractivity contribution in [3.8, 4) is 5.88 Å². The van der Waals surface area contributed by atoms with E-state index in [0.717, 1.165) is 12.8 Å². The van der Waals surface area contributed by atoms with Crippen LogP contribution in [0.2, 0.25) is 0 Å². The largest absolute Gasteiger partial charge is 0.480 e. The Morgan fingerprint density at radius 3 is 2.93 bits per heavy atom. The van der Waals surface area contributed by atoms with Crippen LogP contribution in [-0.4, -0.2) is 53.1 Å². The molecule has 2 aromatic rings. The first-order valence-corrected chi connectivity index (χ1v) is 10.3. The summed E-state index contributed by atoms with van der Waals surface area (Å²) < 4.78 is 24.7. The zero-order chi connectivity index (χ0) is 21.5. The molecule has 1 aromatic heterocycles. The van der Waals surface area contributed by atoms with Gasteiger partial charge in [-0.3, -0.25) is 0 Å². The van der Waals surface area contributed by atoms with Gasteiger partial charge in [0, 0.05) is 24.2 Å². The van der Waals surface area contributed by atoms with Crippen molar-refractivity contribution >= 4 is 17.1 Å². The maximum atomic E-state index is 14.5. The first-order chi connectivity index (χ1) is 14.5. The predicted molar refractivity (Wildman–Crippen MR) is 110 cm³/mol. The summed E-state index contributed by atoms with van der Waals surface area (Å²) in [6, 6.07) is 2.58. The first kappa shape index (κ1) is 22.2. The van der Waals surface area contributed by atoms with Gasteiger partial charge in [-0.05, 0) is 37.8 Å². The quantitative estimate of drug-likeness (QED) is 0.564. The Labute approximate surface area is 175 Å². The molecule has 0 radical (unpaired) electrons. The molecule has 0 spiro atoms. The molecule has 0 aliphatic heterocycles. The molecule has 0 bridgehead atoms. The summed E-state index contributed by atoms with van der Waals surface area (Å²) in [5, 5.41) is 16.6. The fourth-order valence-corrected chi connectivity index (χ4v) is 3.63. The number of aromatic nitrogens is 2. The van der Waals surface area contributed by atoms with E-state index in [-0.39, 0.29) is 18.6 Å². The van der Waals surface area contributed by atoms with Crippen molar-refractivity contribution in [2.24, 2.45) is 0 Å². The Balaban J connectivity index is 1.57. The monoisotopic (exact) mass is 420 g/mol. The Hall–Kier alpha value is -2.52. The number of hydrogen-bond donors (Lipinski definition) is 3. The molecule has 1 fully saturated rings. The standard InChI is InChI=1S/C21H29FN4O4/c1-3-4-9-30-21(28)25-13-5-7-16(18(27)10-13)23-11-14-15(22)6-8-17-20(14)26-19(29-2)12-24-17/h6,8,12-13,16,18,23,27H,3-5,7,9-11H2,1-2H3,(H,25,28)/t13-,16-,18+/m1/s1. The van der Waals surface area contributed by atoms with Gasteiger partial charge in [-0.25, -0.2) is 19.2 Å². The fraction of sp³-hybridized carbons (Fsp3) is 0.571. The van der Waals surface area contributed by atoms with Gasteiger partial charge < -0.3 is 25.2 Å². The van der Waals surface area contributed by atoms with Crippen molar-refractivity contribution in [2.45, 2.75) is 63.8 Å². The highest BCUT2D eigenvalue weighted by atomic mass is 19.1. The molecule has 164 valence electrons. The van der Waals surface area contributed by atoms with Gasteiger partial charge in [0.25, 0.3) is 0 Å². The maximum absolute atomic E-state index is 14.5. The van der Waals surface area contributed by atoms with E-state index in [0.29, 0.717) is 48.3 Å². The molecule has 0 saturated heterocycles. The lowest BCUT2D eigenvalue weighted by Crippen LogP contribution is -2.49. The van der Waals surface area contributed by atoms with Crippen LogP contribution in [0.25, 0.3) is 11.0 Å². The number of aliphatic hydroxyl groups is 1. The van der Waals surface area contributed by atoms with Gasteiger partial charge in [-0.1, -0.05) is 13.3 Å². The second-order valence-electron chi connectivity index (χ2n) is 7.50. The number of hydrogen-bond acceptors (Lipinski definition) is 7. The zero-order valence-electron chi connectivity index (χ0n) is 17.4. The number of ether oxygens (including phenoxy) is 2. The van der Waals surface area contributed by atoms with Crippen molar-refractivity contribution < 1.29 is 23.8 Å². The molecule has 1 saturated carbocycles. The van der Waals surface area contributed by atoms with Gasteiger partial charge in [-0.15, -0.1) is 0 Å². The lowest BCUT2D eigenvalue weighted by atomic mass is 9.88. The van der Waals surface area contributed by atoms with Crippen LogP contribution in [0.1, 0.15) is 44.6 Å². The fourth-order valence-electron chi connectivity index (χ4n) is 3.63. The highest BCUT2D eigenvalue weighted by Crippen LogP contribution is 2.23. The minimum Gasteiger partial charge on any atom is -0.480 e. The van der Waals surface area contributed by atoms with Crippen LogP contribution in [0.3, 0.4) is 0 Å². The molecule has 9 heteroatoms. The number of amides is 1. The number of halogens is 1. The lowest BCUT2D eigenvalue weighted by Gasteiger charge is -2.34. The molecule has 8 nitrogen and oxygen atoms in total. The van der Waals surface area contributed by atoms with Crippen molar-refractivity contribution in [2.75, 3.05) is 13.7 Å².